The van der Waals surface area contributed by atoms with Crippen LogP contribution in [0.2, 0.25) is 18.1 Å². The second kappa shape index (κ2) is 35.0. The smallest absolute Gasteiger partial charge is 0.470 e. The van der Waals surface area contributed by atoms with Crippen LogP contribution in [0, 0.1) is 0 Å². The number of hydrogen-bond donors (Lipinski definition) is 0. The first-order chi connectivity index (χ1) is 29.7. The van der Waals surface area contributed by atoms with Gasteiger partial charge in [-0.15, -0.1) is 0 Å². The third kappa shape index (κ3) is 26.1. The van der Waals surface area contributed by atoms with Crippen molar-refractivity contribution >= 4 is 20.6 Å². The largest absolute Gasteiger partial charge is 0.509 e. The molecule has 0 radical (unpaired) electrons. The lowest BCUT2D eigenvalue weighted by atomic mass is 9.98. The number of carbonyl (C=O) groups is 2. The van der Waals surface area contributed by atoms with Crippen molar-refractivity contribution in [3.05, 3.63) is 37.6 Å². The highest BCUT2D eigenvalue weighted by Crippen LogP contribution is 2.38. The van der Waals surface area contributed by atoms with Crippen LogP contribution in [0.1, 0.15) is 178 Å². The molecule has 61 heavy (non-hydrogen) atoms. The molecule has 7 atom stereocenters. The van der Waals surface area contributed by atoms with Crippen LogP contribution < -0.4 is 0 Å². The minimum atomic E-state index is -2.30. The molecule has 0 aromatic heterocycles. The zero-order valence-corrected chi connectivity index (χ0v) is 40.9. The Kier molecular flexibility index (Phi) is 31.4. The van der Waals surface area contributed by atoms with Gasteiger partial charge in [-0.3, -0.25) is 0 Å². The summed E-state index contributed by atoms with van der Waals surface area (Å²) >= 11 is 0. The highest BCUT2D eigenvalue weighted by Gasteiger charge is 2.52. The summed E-state index contributed by atoms with van der Waals surface area (Å²) in [6.45, 7) is 23.6. The van der Waals surface area contributed by atoms with Crippen molar-refractivity contribution in [1.82, 2.24) is 0 Å². The lowest BCUT2D eigenvalue weighted by Crippen LogP contribution is -2.62. The van der Waals surface area contributed by atoms with E-state index < -0.39 is 64.0 Å². The molecule has 0 spiro atoms. The highest BCUT2D eigenvalue weighted by molar-refractivity contribution is 6.74. The maximum Gasteiger partial charge on any atom is 0.509 e. The molecule has 0 aromatic carbocycles. The van der Waals surface area contributed by atoms with Gasteiger partial charge in [0, 0.05) is 13.0 Å². The Morgan fingerprint density at radius 2 is 1.25 bits per heavy atom. The van der Waals surface area contributed by atoms with Crippen LogP contribution in [0.15, 0.2) is 37.6 Å². The van der Waals surface area contributed by atoms with Gasteiger partial charge in [0.25, 0.3) is 0 Å². The number of rotatable bonds is 37. The molecule has 1 aliphatic heterocycles. The summed E-state index contributed by atoms with van der Waals surface area (Å²) in [5, 5.41) is -0.101. The van der Waals surface area contributed by atoms with Crippen molar-refractivity contribution in [2.75, 3.05) is 33.0 Å². The molecule has 356 valence electrons. The summed E-state index contributed by atoms with van der Waals surface area (Å²) < 4.78 is 64.0. The molecule has 0 bridgehead atoms. The number of allylic oxidation sites excluding steroid dienone is 1. The Balaban J connectivity index is 3.37. The fourth-order valence-corrected chi connectivity index (χ4v) is 7.84. The lowest BCUT2D eigenvalue weighted by molar-refractivity contribution is -0.305. The Morgan fingerprint density at radius 1 is 0.721 bits per heavy atom. The van der Waals surface area contributed by atoms with Gasteiger partial charge in [-0.2, -0.15) is 0 Å². The molecule has 1 heterocycles. The molecule has 0 saturated carbocycles. The summed E-state index contributed by atoms with van der Waals surface area (Å²) in [5.74, 6) is 0. The van der Waals surface area contributed by atoms with Crippen LogP contribution in [0.4, 0.5) is 9.59 Å². The molecule has 1 aliphatic rings. The maximum atomic E-state index is 13.2. The van der Waals surface area contributed by atoms with Crippen molar-refractivity contribution in [3.63, 3.8) is 0 Å². The van der Waals surface area contributed by atoms with Crippen molar-refractivity contribution in [3.8, 4) is 0 Å². The first-order valence-corrected chi connectivity index (χ1v) is 26.8. The minimum Gasteiger partial charge on any atom is -0.470 e. The predicted octanol–water partition coefficient (Wildman–Crippen LogP) is 13.7. The summed E-state index contributed by atoms with van der Waals surface area (Å²) in [6, 6.07) is 0. The van der Waals surface area contributed by atoms with Crippen molar-refractivity contribution in [1.29, 1.82) is 0 Å². The Labute approximate surface area is 374 Å². The summed E-state index contributed by atoms with van der Waals surface area (Å²) in [6.07, 6.45) is 21.6. The van der Waals surface area contributed by atoms with E-state index in [4.69, 9.17) is 43.7 Å². The Hall–Kier alpha value is -2.38. The van der Waals surface area contributed by atoms with Crippen molar-refractivity contribution < 1.29 is 53.3 Å². The van der Waals surface area contributed by atoms with E-state index in [1.807, 2.05) is 6.92 Å². The first kappa shape index (κ1) is 54.7. The third-order valence-corrected chi connectivity index (χ3v) is 16.0. The van der Waals surface area contributed by atoms with E-state index in [0.717, 1.165) is 38.5 Å². The van der Waals surface area contributed by atoms with Gasteiger partial charge < -0.3 is 42.3 Å². The zero-order valence-electron chi connectivity index (χ0n) is 40.9. The number of unbranched alkanes of at least 4 members (excludes halogenated alkanes) is 16. The summed E-state index contributed by atoms with van der Waals surface area (Å²) in [4.78, 5) is 25.8. The van der Waals surface area contributed by atoms with E-state index in [2.05, 4.69) is 60.9 Å². The normalized spacial score (nSPS) is 20.7. The average Bonchev–Trinajstić information content (AvgIpc) is 3.23. The van der Waals surface area contributed by atoms with Gasteiger partial charge in [0.15, 0.2) is 14.4 Å². The Bertz CT molecular complexity index is 1200. The number of carbonyl (C=O) groups excluding carboxylic acids is 2. The SMILES string of the molecule is [2H]C(CCCCCCCCCCC)O[C@H]1[C@H](OC(=O)OCC=C)[C@@H](CO[Si](C)(C)C(C)(C)C)OC(O/C=C/C)[C@@H]1OCC[C@@H](CCCCCCCCCCC)OC(=O)OCC=C. The monoisotopic (exact) mass is 884 g/mol. The second-order valence-corrected chi connectivity index (χ2v) is 22.7. The van der Waals surface area contributed by atoms with Crippen molar-refractivity contribution in [2.45, 2.75) is 231 Å². The van der Waals surface area contributed by atoms with Gasteiger partial charge >= 0.3 is 12.3 Å². The van der Waals surface area contributed by atoms with E-state index in [9.17, 15) is 9.59 Å². The molecule has 0 aromatic rings. The molecule has 0 amide bonds. The standard InChI is InChI=1S/C49H90O11Si/c1-11-16-18-20-22-24-26-28-30-32-38-52-44-43(60-48(51)56-37-15-5)42(40-57-61(9,10)49(6,7)8)59-46(54-35-13-3)45(44)53-39-34-41(58-47(50)55-36-14-4)33-31-29-27-25-23-21-19-17-12-2/h13-15,35,41-46H,4-5,11-12,16-34,36-40H2,1-3,6-10H3/b35-13+/t41-,42-,43-,44+,45-,46?/m1/s1/i38D/t38?,41-,42-,43-,44+,45-,46?. The molecule has 0 aliphatic carbocycles. The lowest BCUT2D eigenvalue weighted by Gasteiger charge is -2.46. The average molecular weight is 884 g/mol. The van der Waals surface area contributed by atoms with Gasteiger partial charge in [-0.25, -0.2) is 9.59 Å². The van der Waals surface area contributed by atoms with Crippen LogP contribution in [0.5, 0.6) is 0 Å². The molecule has 2 unspecified atom stereocenters. The minimum absolute atomic E-state index is 0.0484. The number of ether oxygens (including phenoxy) is 8. The molecule has 0 N–H and O–H groups in total. The molecule has 1 rings (SSSR count). The van der Waals surface area contributed by atoms with E-state index in [-0.39, 0.29) is 31.5 Å². The molecule has 11 nitrogen and oxygen atoms in total. The third-order valence-electron chi connectivity index (χ3n) is 11.5. The van der Waals surface area contributed by atoms with Crippen LogP contribution >= 0.6 is 0 Å². The van der Waals surface area contributed by atoms with Crippen LogP contribution in [0.25, 0.3) is 0 Å². The van der Waals surface area contributed by atoms with Gasteiger partial charge in [0.05, 0.1) is 20.8 Å². The predicted molar refractivity (Wildman–Crippen MR) is 248 cm³/mol. The quantitative estimate of drug-likeness (QED) is 0.0195. The van der Waals surface area contributed by atoms with E-state index >= 15 is 0 Å². The van der Waals surface area contributed by atoms with Gasteiger partial charge in [0.1, 0.15) is 37.6 Å². The van der Waals surface area contributed by atoms with E-state index in [0.29, 0.717) is 19.3 Å². The zero-order chi connectivity index (χ0) is 46.1. The van der Waals surface area contributed by atoms with Crippen LogP contribution in [0.3, 0.4) is 0 Å². The summed E-state index contributed by atoms with van der Waals surface area (Å²) in [5.41, 5.74) is 0. The first-order valence-electron chi connectivity index (χ1n) is 24.5. The van der Waals surface area contributed by atoms with Gasteiger partial charge in [-0.05, 0) is 44.3 Å². The van der Waals surface area contributed by atoms with E-state index in [1.54, 1.807) is 6.08 Å². The maximum absolute atomic E-state index is 13.2. The highest BCUT2D eigenvalue weighted by atomic mass is 28.4. The topological polar surface area (TPSA) is 117 Å². The summed E-state index contributed by atoms with van der Waals surface area (Å²) in [7, 11) is -2.30. The molecule has 12 heteroatoms. The Morgan fingerprint density at radius 3 is 1.77 bits per heavy atom. The fourth-order valence-electron chi connectivity index (χ4n) is 6.83. The molecular formula is C49H90O11Si. The molecule has 1 fully saturated rings. The van der Waals surface area contributed by atoms with Crippen LogP contribution in [-0.2, 0) is 42.3 Å². The molecule has 1 saturated heterocycles. The number of hydrogen-bond acceptors (Lipinski definition) is 11. The molecular weight excluding hydrogens is 793 g/mol. The fraction of sp³-hybridized carbons (Fsp3) is 0.837. The van der Waals surface area contributed by atoms with Gasteiger partial charge in [0.2, 0.25) is 6.29 Å². The van der Waals surface area contributed by atoms with Gasteiger partial charge in [-0.1, -0.05) is 175 Å². The van der Waals surface area contributed by atoms with Crippen LogP contribution in [-0.4, -0.2) is 90.4 Å². The van der Waals surface area contributed by atoms with Crippen molar-refractivity contribution in [2.24, 2.45) is 0 Å². The second-order valence-electron chi connectivity index (χ2n) is 17.9. The van der Waals surface area contributed by atoms with E-state index in [1.165, 1.54) is 95.5 Å².